The lowest BCUT2D eigenvalue weighted by Gasteiger charge is -2.40. The van der Waals surface area contributed by atoms with Gasteiger partial charge in [-0.2, -0.15) is 0 Å². The smallest absolute Gasteiger partial charge is 0.244 e. The summed E-state index contributed by atoms with van der Waals surface area (Å²) < 4.78 is 13.2. The van der Waals surface area contributed by atoms with E-state index in [2.05, 4.69) is 18.3 Å². The van der Waals surface area contributed by atoms with E-state index < -0.39 is 6.04 Å². The number of piperidine rings is 1. The van der Waals surface area contributed by atoms with Gasteiger partial charge in [0.25, 0.3) is 0 Å². The van der Waals surface area contributed by atoms with Gasteiger partial charge in [0.1, 0.15) is 11.9 Å². The van der Waals surface area contributed by atoms with Gasteiger partial charge in [-0.1, -0.05) is 43.3 Å². The molecule has 1 fully saturated rings. The highest BCUT2D eigenvalue weighted by atomic mass is 19.1. The summed E-state index contributed by atoms with van der Waals surface area (Å²) in [6.45, 7) is 6.49. The van der Waals surface area contributed by atoms with Gasteiger partial charge in [-0.05, 0) is 60.9 Å². The predicted molar refractivity (Wildman–Crippen MR) is 122 cm³/mol. The molecule has 2 aromatic carbocycles. The molecule has 170 valence electrons. The summed E-state index contributed by atoms with van der Waals surface area (Å²) in [5.74, 6) is 0.315. The predicted octanol–water partition coefficient (Wildman–Crippen LogP) is 3.86. The first-order valence-electron chi connectivity index (χ1n) is 11.6. The maximum absolute atomic E-state index is 13.6. The van der Waals surface area contributed by atoms with Gasteiger partial charge in [-0.3, -0.25) is 14.5 Å². The highest BCUT2D eigenvalue weighted by Crippen LogP contribution is 2.32. The van der Waals surface area contributed by atoms with E-state index in [1.165, 1.54) is 17.7 Å². The second-order valence-corrected chi connectivity index (χ2v) is 9.17. The van der Waals surface area contributed by atoms with Gasteiger partial charge in [0.15, 0.2) is 0 Å². The lowest BCUT2D eigenvalue weighted by atomic mass is 9.90. The second kappa shape index (κ2) is 9.82. The molecule has 0 spiro atoms. The lowest BCUT2D eigenvalue weighted by molar-refractivity contribution is -0.140. The van der Waals surface area contributed by atoms with Crippen molar-refractivity contribution >= 4 is 11.8 Å². The van der Waals surface area contributed by atoms with Crippen molar-refractivity contribution in [2.24, 2.45) is 5.92 Å². The molecule has 0 radical (unpaired) electrons. The molecular weight excluding hydrogens is 405 g/mol. The van der Waals surface area contributed by atoms with Gasteiger partial charge in [0, 0.05) is 19.6 Å². The molecule has 2 atom stereocenters. The Labute approximate surface area is 189 Å². The standard InChI is InChI=1S/C26H32FN3O2/c1-18-11-14-29(15-12-18)26(32)25-23-6-4-3-5-21(23)13-16-30(25)17-24(31)28-19(2)20-7-9-22(27)10-8-20/h3-10,18-19,25H,11-17H2,1-2H3,(H,28,31). The molecule has 4 rings (SSSR count). The van der Waals surface area contributed by atoms with Crippen LogP contribution in [-0.4, -0.2) is 47.8 Å². The zero-order valence-corrected chi connectivity index (χ0v) is 18.9. The fraction of sp³-hybridized carbons (Fsp3) is 0.462. The molecule has 2 heterocycles. The van der Waals surface area contributed by atoms with Crippen molar-refractivity contribution in [2.75, 3.05) is 26.2 Å². The summed E-state index contributed by atoms with van der Waals surface area (Å²) in [6, 6.07) is 13.6. The number of nitrogens with zero attached hydrogens (tertiary/aromatic N) is 2. The Bertz CT molecular complexity index is 954. The molecule has 1 N–H and O–H groups in total. The fourth-order valence-electron chi connectivity index (χ4n) is 4.79. The van der Waals surface area contributed by atoms with E-state index in [0.717, 1.165) is 43.5 Å². The van der Waals surface area contributed by atoms with E-state index in [9.17, 15) is 14.0 Å². The minimum atomic E-state index is -0.430. The van der Waals surface area contributed by atoms with Crippen LogP contribution in [0.1, 0.15) is 55.5 Å². The number of rotatable bonds is 5. The first kappa shape index (κ1) is 22.5. The third kappa shape index (κ3) is 5.01. The number of likely N-dealkylation sites (tertiary alicyclic amines) is 1. The second-order valence-electron chi connectivity index (χ2n) is 9.17. The summed E-state index contributed by atoms with van der Waals surface area (Å²) in [5.41, 5.74) is 3.05. The zero-order chi connectivity index (χ0) is 22.7. The first-order valence-corrected chi connectivity index (χ1v) is 11.6. The van der Waals surface area contributed by atoms with Crippen LogP contribution in [0.4, 0.5) is 4.39 Å². The van der Waals surface area contributed by atoms with E-state index >= 15 is 0 Å². The Balaban J connectivity index is 1.49. The Kier molecular flexibility index (Phi) is 6.89. The summed E-state index contributed by atoms with van der Waals surface area (Å²) >= 11 is 0. The van der Waals surface area contributed by atoms with Crippen LogP contribution in [0.3, 0.4) is 0 Å². The third-order valence-electron chi connectivity index (χ3n) is 6.81. The van der Waals surface area contributed by atoms with Crippen molar-refractivity contribution in [3.8, 4) is 0 Å². The van der Waals surface area contributed by atoms with Crippen LogP contribution < -0.4 is 5.32 Å². The largest absolute Gasteiger partial charge is 0.348 e. The molecular formula is C26H32FN3O2. The number of carbonyl (C=O) groups excluding carboxylic acids is 2. The van der Waals surface area contributed by atoms with Crippen LogP contribution in [0.25, 0.3) is 0 Å². The van der Waals surface area contributed by atoms with Gasteiger partial charge < -0.3 is 10.2 Å². The van der Waals surface area contributed by atoms with Crippen LogP contribution in [0, 0.1) is 11.7 Å². The lowest BCUT2D eigenvalue weighted by Crippen LogP contribution is -2.50. The number of nitrogens with one attached hydrogen (secondary N) is 1. The molecule has 2 aliphatic rings. The first-order chi connectivity index (χ1) is 15.4. The van der Waals surface area contributed by atoms with Crippen molar-refractivity contribution in [3.63, 3.8) is 0 Å². The Morgan fingerprint density at radius 2 is 1.75 bits per heavy atom. The molecule has 2 aliphatic heterocycles. The minimum Gasteiger partial charge on any atom is -0.348 e. The van der Waals surface area contributed by atoms with Crippen molar-refractivity contribution in [3.05, 3.63) is 71.0 Å². The Hall–Kier alpha value is -2.73. The van der Waals surface area contributed by atoms with Crippen molar-refractivity contribution < 1.29 is 14.0 Å². The van der Waals surface area contributed by atoms with Gasteiger partial charge in [-0.15, -0.1) is 0 Å². The maximum Gasteiger partial charge on any atom is 0.244 e. The number of carbonyl (C=O) groups is 2. The normalized spacial score (nSPS) is 20.5. The molecule has 0 aromatic heterocycles. The molecule has 0 saturated carbocycles. The van der Waals surface area contributed by atoms with Crippen LogP contribution >= 0.6 is 0 Å². The van der Waals surface area contributed by atoms with Crippen molar-refractivity contribution in [1.82, 2.24) is 15.1 Å². The summed E-state index contributed by atoms with van der Waals surface area (Å²) in [4.78, 5) is 30.5. The van der Waals surface area contributed by atoms with E-state index in [1.807, 2.05) is 34.9 Å². The number of hydrogen-bond donors (Lipinski definition) is 1. The number of amides is 2. The highest BCUT2D eigenvalue weighted by Gasteiger charge is 2.37. The molecule has 0 aliphatic carbocycles. The quantitative estimate of drug-likeness (QED) is 0.773. The molecule has 2 aromatic rings. The van der Waals surface area contributed by atoms with E-state index in [-0.39, 0.29) is 30.2 Å². The molecule has 32 heavy (non-hydrogen) atoms. The van der Waals surface area contributed by atoms with E-state index in [0.29, 0.717) is 12.5 Å². The van der Waals surface area contributed by atoms with Crippen LogP contribution in [-0.2, 0) is 16.0 Å². The van der Waals surface area contributed by atoms with Crippen molar-refractivity contribution in [2.45, 2.75) is 45.2 Å². The number of halogens is 1. The van der Waals surface area contributed by atoms with Crippen molar-refractivity contribution in [1.29, 1.82) is 0 Å². The topological polar surface area (TPSA) is 52.7 Å². The van der Waals surface area contributed by atoms with Gasteiger partial charge in [0.2, 0.25) is 11.8 Å². The average molecular weight is 438 g/mol. The Morgan fingerprint density at radius 1 is 1.06 bits per heavy atom. The third-order valence-corrected chi connectivity index (χ3v) is 6.81. The van der Waals surface area contributed by atoms with Gasteiger partial charge in [-0.25, -0.2) is 4.39 Å². The molecule has 0 bridgehead atoms. The van der Waals surface area contributed by atoms with Gasteiger partial charge >= 0.3 is 0 Å². The molecule has 2 unspecified atom stereocenters. The summed E-state index contributed by atoms with van der Waals surface area (Å²) in [7, 11) is 0. The molecule has 1 saturated heterocycles. The SMILES string of the molecule is CC1CCN(C(=O)C2c3ccccc3CCN2CC(=O)NC(C)c2ccc(F)cc2)CC1. The summed E-state index contributed by atoms with van der Waals surface area (Å²) in [6.07, 6.45) is 2.86. The Morgan fingerprint density at radius 3 is 2.47 bits per heavy atom. The average Bonchev–Trinajstić information content (AvgIpc) is 2.79. The minimum absolute atomic E-state index is 0.100. The molecule has 6 heteroatoms. The highest BCUT2D eigenvalue weighted by molar-refractivity contribution is 5.86. The maximum atomic E-state index is 13.6. The fourth-order valence-corrected chi connectivity index (χ4v) is 4.79. The van der Waals surface area contributed by atoms with E-state index in [1.54, 1.807) is 12.1 Å². The number of fused-ring (bicyclic) bond motifs is 1. The van der Waals surface area contributed by atoms with Crippen LogP contribution in [0.5, 0.6) is 0 Å². The van der Waals surface area contributed by atoms with Crippen LogP contribution in [0.2, 0.25) is 0 Å². The van der Waals surface area contributed by atoms with E-state index in [4.69, 9.17) is 0 Å². The van der Waals surface area contributed by atoms with Crippen LogP contribution in [0.15, 0.2) is 48.5 Å². The van der Waals surface area contributed by atoms with Gasteiger partial charge in [0.05, 0.1) is 12.6 Å². The monoisotopic (exact) mass is 437 g/mol. The number of benzene rings is 2. The zero-order valence-electron chi connectivity index (χ0n) is 18.9. The number of hydrogen-bond acceptors (Lipinski definition) is 3. The summed E-state index contributed by atoms with van der Waals surface area (Å²) in [5, 5.41) is 3.00. The molecule has 5 nitrogen and oxygen atoms in total. The molecule has 2 amide bonds.